The van der Waals surface area contributed by atoms with Crippen LogP contribution in [0.25, 0.3) is 0 Å². The summed E-state index contributed by atoms with van der Waals surface area (Å²) in [6.45, 7) is 22.8. The lowest BCUT2D eigenvalue weighted by Crippen LogP contribution is -2.49. The molecule has 5 aliphatic carbocycles. The summed E-state index contributed by atoms with van der Waals surface area (Å²) in [5, 5.41) is 11.0. The van der Waals surface area contributed by atoms with Crippen LogP contribution in [0.15, 0.2) is 104 Å². The Hall–Kier alpha value is -2.38. The third kappa shape index (κ3) is 2.89. The Kier molecular flexibility index (Phi) is 4.71. The number of fused-ring (bicyclic) bond motifs is 1. The fraction of sp³-hybridized carbons (Fsp3) is 0.455. The van der Waals surface area contributed by atoms with Gasteiger partial charge >= 0.3 is 0 Å². The van der Waals surface area contributed by atoms with E-state index in [1.807, 2.05) is 0 Å². The number of aliphatic hydroxyl groups excluding tert-OH is 1. The van der Waals surface area contributed by atoms with E-state index in [0.29, 0.717) is 0 Å². The molecule has 0 aromatic heterocycles. The molecule has 0 spiro atoms. The van der Waals surface area contributed by atoms with Crippen molar-refractivity contribution >= 4 is 0 Å². The Labute approximate surface area is 206 Å². The number of rotatable bonds is 0. The van der Waals surface area contributed by atoms with Crippen molar-refractivity contribution in [1.82, 2.24) is 0 Å². The first-order valence-corrected chi connectivity index (χ1v) is 12.7. The van der Waals surface area contributed by atoms with E-state index >= 15 is 0 Å². The quantitative estimate of drug-likeness (QED) is 0.392. The maximum atomic E-state index is 11.0. The summed E-state index contributed by atoms with van der Waals surface area (Å²) < 4.78 is 0. The summed E-state index contributed by atoms with van der Waals surface area (Å²) in [5.74, 6) is 0. The average molecular weight is 453 g/mol. The molecule has 0 bridgehead atoms. The van der Waals surface area contributed by atoms with Crippen molar-refractivity contribution in [2.24, 2.45) is 21.7 Å². The van der Waals surface area contributed by atoms with Crippen molar-refractivity contribution in [2.45, 2.75) is 75.3 Å². The molecule has 0 aliphatic heterocycles. The standard InChI is InChI=1S/C33H40O/c1-19-13-25-26(14-20(2)29(19)34)28-18-24(31(6,7)8)16-22-12-11-21-15-23(30(3,4)5)17-27(25)32(21,9)33(22,28)10/h11-18,29,34H,1-10H3/t32-,33-/m0/s1. The zero-order valence-electron chi connectivity index (χ0n) is 22.6. The minimum Gasteiger partial charge on any atom is -0.384 e. The molecule has 0 saturated carbocycles. The highest BCUT2D eigenvalue weighted by molar-refractivity contribution is 5.76. The van der Waals surface area contributed by atoms with Crippen LogP contribution in [-0.4, -0.2) is 11.2 Å². The molecule has 0 amide bonds. The second-order valence-corrected chi connectivity index (χ2v) is 13.3. The normalized spacial score (nSPS) is 31.0. The third-order valence-corrected chi connectivity index (χ3v) is 9.11. The van der Waals surface area contributed by atoms with Gasteiger partial charge in [0.15, 0.2) is 0 Å². The lowest BCUT2D eigenvalue weighted by atomic mass is 9.44. The van der Waals surface area contributed by atoms with Crippen LogP contribution < -0.4 is 0 Å². The van der Waals surface area contributed by atoms with Crippen LogP contribution in [0.2, 0.25) is 0 Å². The highest BCUT2D eigenvalue weighted by Crippen LogP contribution is 2.69. The van der Waals surface area contributed by atoms with Crippen molar-refractivity contribution in [3.8, 4) is 0 Å². The fourth-order valence-corrected chi connectivity index (χ4v) is 6.48. The second-order valence-electron chi connectivity index (χ2n) is 13.3. The predicted octanol–water partition coefficient (Wildman–Crippen LogP) is 8.27. The van der Waals surface area contributed by atoms with E-state index in [1.165, 1.54) is 44.6 Å². The maximum Gasteiger partial charge on any atom is 0.0962 e. The first-order chi connectivity index (χ1) is 15.6. The molecule has 0 unspecified atom stereocenters. The molecule has 0 aromatic carbocycles. The molecule has 2 atom stereocenters. The number of aliphatic hydroxyl groups is 1. The van der Waals surface area contributed by atoms with Crippen LogP contribution in [0.1, 0.15) is 69.2 Å². The summed E-state index contributed by atoms with van der Waals surface area (Å²) in [5.41, 5.74) is 12.6. The lowest BCUT2D eigenvalue weighted by molar-refractivity contribution is 0.242. The summed E-state index contributed by atoms with van der Waals surface area (Å²) in [6.07, 6.45) is 18.5. The molecule has 0 saturated heterocycles. The molecule has 1 N–H and O–H groups in total. The Morgan fingerprint density at radius 3 is 1.29 bits per heavy atom. The van der Waals surface area contributed by atoms with Crippen molar-refractivity contribution in [3.63, 3.8) is 0 Å². The Balaban J connectivity index is 1.99. The molecule has 0 fully saturated rings. The van der Waals surface area contributed by atoms with Gasteiger partial charge in [0, 0.05) is 10.8 Å². The van der Waals surface area contributed by atoms with E-state index in [9.17, 15) is 5.11 Å². The van der Waals surface area contributed by atoms with Gasteiger partial charge in [-0.1, -0.05) is 104 Å². The average Bonchev–Trinajstić information content (AvgIpc) is 2.82. The Morgan fingerprint density at radius 2 is 0.971 bits per heavy atom. The van der Waals surface area contributed by atoms with Gasteiger partial charge in [-0.3, -0.25) is 0 Å². The van der Waals surface area contributed by atoms with Crippen molar-refractivity contribution < 1.29 is 5.11 Å². The van der Waals surface area contributed by atoms with Gasteiger partial charge in [-0.2, -0.15) is 0 Å². The summed E-state index contributed by atoms with van der Waals surface area (Å²) in [7, 11) is 0. The van der Waals surface area contributed by atoms with Gasteiger partial charge in [0.25, 0.3) is 0 Å². The van der Waals surface area contributed by atoms with Crippen LogP contribution in [0.5, 0.6) is 0 Å². The van der Waals surface area contributed by atoms with E-state index in [1.54, 1.807) is 0 Å². The molecule has 5 rings (SSSR count). The van der Waals surface area contributed by atoms with Gasteiger partial charge in [0.05, 0.1) is 6.10 Å². The second kappa shape index (κ2) is 6.85. The van der Waals surface area contributed by atoms with E-state index in [4.69, 9.17) is 0 Å². The van der Waals surface area contributed by atoms with Crippen LogP contribution in [0, 0.1) is 21.7 Å². The van der Waals surface area contributed by atoms with Crippen LogP contribution in [0.3, 0.4) is 0 Å². The van der Waals surface area contributed by atoms with Gasteiger partial charge in [0.1, 0.15) is 0 Å². The van der Waals surface area contributed by atoms with Gasteiger partial charge in [-0.05, 0) is 80.4 Å². The summed E-state index contributed by atoms with van der Waals surface area (Å²) >= 11 is 0. The van der Waals surface area contributed by atoms with E-state index in [2.05, 4.69) is 118 Å². The molecular weight excluding hydrogens is 412 g/mol. The minimum atomic E-state index is -0.540. The fourth-order valence-electron chi connectivity index (χ4n) is 6.48. The molecule has 178 valence electrons. The summed E-state index contributed by atoms with van der Waals surface area (Å²) in [4.78, 5) is 0. The molecular formula is C33H40O. The first kappa shape index (κ1) is 23.4. The SMILES string of the molecule is CC1=CC2=C3C=C(C(C)(C)C)C=C4C=CC5=CC(C(C)(C)C)=CC(=C2C=C(C)C1O)[C@@]5(C)[C@@]43C. The Bertz CT molecular complexity index is 1190. The molecule has 0 heterocycles. The van der Waals surface area contributed by atoms with Gasteiger partial charge < -0.3 is 5.11 Å². The predicted molar refractivity (Wildman–Crippen MR) is 144 cm³/mol. The molecule has 0 radical (unpaired) electrons. The smallest absolute Gasteiger partial charge is 0.0962 e. The zero-order valence-corrected chi connectivity index (χ0v) is 22.6. The van der Waals surface area contributed by atoms with Crippen LogP contribution in [0.4, 0.5) is 0 Å². The summed E-state index contributed by atoms with van der Waals surface area (Å²) in [6, 6.07) is 0. The molecule has 1 nitrogen and oxygen atoms in total. The van der Waals surface area contributed by atoms with E-state index < -0.39 is 6.10 Å². The van der Waals surface area contributed by atoms with E-state index in [-0.39, 0.29) is 21.7 Å². The van der Waals surface area contributed by atoms with E-state index in [0.717, 1.165) is 11.1 Å². The topological polar surface area (TPSA) is 20.2 Å². The van der Waals surface area contributed by atoms with Crippen molar-refractivity contribution in [2.75, 3.05) is 0 Å². The molecule has 1 heteroatoms. The zero-order chi connectivity index (χ0) is 25.0. The first-order valence-electron chi connectivity index (χ1n) is 12.7. The van der Waals surface area contributed by atoms with Crippen molar-refractivity contribution in [3.05, 3.63) is 104 Å². The third-order valence-electron chi connectivity index (χ3n) is 9.11. The number of hydrogen-bond donors (Lipinski definition) is 1. The largest absolute Gasteiger partial charge is 0.384 e. The maximum absolute atomic E-state index is 11.0. The minimum absolute atomic E-state index is 0.0531. The van der Waals surface area contributed by atoms with Crippen LogP contribution >= 0.6 is 0 Å². The van der Waals surface area contributed by atoms with Gasteiger partial charge in [-0.25, -0.2) is 0 Å². The van der Waals surface area contributed by atoms with Gasteiger partial charge in [-0.15, -0.1) is 0 Å². The lowest BCUT2D eigenvalue weighted by Gasteiger charge is -2.58. The van der Waals surface area contributed by atoms with Gasteiger partial charge in [0.2, 0.25) is 0 Å². The molecule has 5 aliphatic rings. The highest BCUT2D eigenvalue weighted by atomic mass is 16.3. The Morgan fingerprint density at radius 1 is 0.618 bits per heavy atom. The molecule has 0 aromatic rings. The molecule has 34 heavy (non-hydrogen) atoms. The number of allylic oxidation sites excluding steroid dienone is 16. The van der Waals surface area contributed by atoms with Crippen LogP contribution in [-0.2, 0) is 0 Å². The number of hydrogen-bond acceptors (Lipinski definition) is 1. The monoisotopic (exact) mass is 452 g/mol. The highest BCUT2D eigenvalue weighted by Gasteiger charge is 2.59. The van der Waals surface area contributed by atoms with Crippen molar-refractivity contribution in [1.29, 1.82) is 0 Å².